The van der Waals surface area contributed by atoms with Crippen LogP contribution in [0.25, 0.3) is 95.7 Å². The van der Waals surface area contributed by atoms with Crippen LogP contribution in [-0.4, -0.2) is 13.7 Å². The van der Waals surface area contributed by atoms with Gasteiger partial charge in [-0.25, -0.2) is 0 Å². The monoisotopic (exact) mass is 625 g/mol. The van der Waals surface area contributed by atoms with Gasteiger partial charge < -0.3 is 13.7 Å². The molecule has 3 heterocycles. The van der Waals surface area contributed by atoms with Crippen LogP contribution in [-0.2, 0) is 0 Å². The Bertz CT molecular complexity index is 2640. The molecule has 230 valence electrons. The van der Waals surface area contributed by atoms with E-state index in [4.69, 9.17) is 0 Å². The summed E-state index contributed by atoms with van der Waals surface area (Å²) in [5, 5.41) is 7.54. The number of para-hydroxylation sites is 5. The Labute approximate surface area is 283 Å². The number of nitrogens with zero attached hydrogens (tertiary/aromatic N) is 3. The highest BCUT2D eigenvalue weighted by atomic mass is 15.0. The number of rotatable bonds is 5. The first kappa shape index (κ1) is 27.5. The molecule has 0 unspecified atom stereocenters. The van der Waals surface area contributed by atoms with E-state index in [2.05, 4.69) is 202 Å². The first-order valence-corrected chi connectivity index (χ1v) is 16.8. The van der Waals surface area contributed by atoms with Crippen molar-refractivity contribution in [2.24, 2.45) is 0 Å². The van der Waals surface area contributed by atoms with Gasteiger partial charge >= 0.3 is 0 Å². The molecule has 0 spiro atoms. The summed E-state index contributed by atoms with van der Waals surface area (Å²) in [5.41, 5.74) is 10.7. The van der Waals surface area contributed by atoms with E-state index in [1.807, 2.05) is 0 Å². The zero-order chi connectivity index (χ0) is 32.3. The molecule has 10 aromatic rings. The van der Waals surface area contributed by atoms with Crippen LogP contribution in [0, 0.1) is 0 Å². The minimum Gasteiger partial charge on any atom is -0.316 e. The summed E-state index contributed by atoms with van der Waals surface area (Å²) < 4.78 is 6.99. The molecule has 0 N–H and O–H groups in total. The summed E-state index contributed by atoms with van der Waals surface area (Å²) in [6.45, 7) is 0. The van der Waals surface area contributed by atoms with Crippen molar-refractivity contribution in [1.29, 1.82) is 0 Å². The molecule has 7 aromatic carbocycles. The van der Waals surface area contributed by atoms with Crippen molar-refractivity contribution in [2.75, 3.05) is 0 Å². The molecular formula is C46H31N3. The van der Waals surface area contributed by atoms with Gasteiger partial charge in [-0.15, -0.1) is 0 Å². The summed E-state index contributed by atoms with van der Waals surface area (Å²) >= 11 is 0. The summed E-state index contributed by atoms with van der Waals surface area (Å²) in [5.74, 6) is 0. The summed E-state index contributed by atoms with van der Waals surface area (Å²) in [6.07, 6.45) is 8.89. The van der Waals surface area contributed by atoms with Crippen LogP contribution in [0.5, 0.6) is 0 Å². The van der Waals surface area contributed by atoms with E-state index in [9.17, 15) is 0 Å². The lowest BCUT2D eigenvalue weighted by molar-refractivity contribution is 1.18. The third-order valence-electron chi connectivity index (χ3n) is 9.89. The lowest BCUT2D eigenvalue weighted by Gasteiger charge is -2.08. The molecule has 0 saturated heterocycles. The van der Waals surface area contributed by atoms with Crippen molar-refractivity contribution >= 4 is 90.0 Å². The maximum absolute atomic E-state index is 2.38. The molecular weight excluding hydrogens is 595 g/mol. The molecule has 0 aliphatic rings. The van der Waals surface area contributed by atoms with Crippen molar-refractivity contribution < 1.29 is 0 Å². The largest absolute Gasteiger partial charge is 0.316 e. The fourth-order valence-electron chi connectivity index (χ4n) is 7.67. The number of hydrogen-bond acceptors (Lipinski definition) is 0. The highest BCUT2D eigenvalue weighted by Crippen LogP contribution is 2.35. The second-order valence-corrected chi connectivity index (χ2v) is 12.7. The molecule has 3 aromatic heterocycles. The van der Waals surface area contributed by atoms with E-state index in [1.165, 1.54) is 65.4 Å². The van der Waals surface area contributed by atoms with Gasteiger partial charge in [-0.3, -0.25) is 0 Å². The van der Waals surface area contributed by atoms with E-state index < -0.39 is 0 Å². The van der Waals surface area contributed by atoms with Crippen molar-refractivity contribution in [3.63, 3.8) is 0 Å². The van der Waals surface area contributed by atoms with Gasteiger partial charge in [-0.05, 0) is 83.9 Å². The van der Waals surface area contributed by atoms with E-state index in [0.29, 0.717) is 0 Å². The molecule has 49 heavy (non-hydrogen) atoms. The fourth-order valence-corrected chi connectivity index (χ4v) is 7.67. The second-order valence-electron chi connectivity index (χ2n) is 12.7. The van der Waals surface area contributed by atoms with Gasteiger partial charge in [0, 0.05) is 50.4 Å². The van der Waals surface area contributed by atoms with Crippen LogP contribution in [0.2, 0.25) is 0 Å². The molecule has 0 fully saturated rings. The fraction of sp³-hybridized carbons (Fsp3) is 0. The van der Waals surface area contributed by atoms with E-state index in [0.717, 1.165) is 16.8 Å². The van der Waals surface area contributed by atoms with Gasteiger partial charge in [0.1, 0.15) is 0 Å². The predicted molar refractivity (Wildman–Crippen MR) is 210 cm³/mol. The van der Waals surface area contributed by atoms with Crippen LogP contribution < -0.4 is 0 Å². The molecule has 0 amide bonds. The molecule has 0 aliphatic heterocycles. The third-order valence-corrected chi connectivity index (χ3v) is 9.89. The topological polar surface area (TPSA) is 14.8 Å². The van der Waals surface area contributed by atoms with Gasteiger partial charge in [0.2, 0.25) is 0 Å². The summed E-state index contributed by atoms with van der Waals surface area (Å²) in [7, 11) is 0. The number of fused-ring (bicyclic) bond motifs is 9. The summed E-state index contributed by atoms with van der Waals surface area (Å²) in [6, 6.07) is 58.9. The van der Waals surface area contributed by atoms with E-state index >= 15 is 0 Å². The van der Waals surface area contributed by atoms with Crippen molar-refractivity contribution in [3.05, 3.63) is 175 Å². The van der Waals surface area contributed by atoms with Crippen molar-refractivity contribution in [3.8, 4) is 5.69 Å². The Morgan fingerprint density at radius 3 is 1.08 bits per heavy atom. The minimum absolute atomic E-state index is 1.16. The molecule has 0 radical (unpaired) electrons. The molecule has 0 aliphatic carbocycles. The standard InChI is InChI=1S/C46H31N3/c1-2-12-34(13-3-1)49-45-24-22-32(26-28-47-41-18-8-4-14-35(41)36-15-5-9-19-42(36)47)30-39(45)40-31-33(23-25-46(40)49)27-29-48-43-20-10-6-16-37(43)38-17-7-11-21-44(38)48/h1-31H/b28-26+,29-27+. The van der Waals surface area contributed by atoms with Crippen molar-refractivity contribution in [1.82, 2.24) is 13.7 Å². The zero-order valence-electron chi connectivity index (χ0n) is 26.7. The number of hydrogen-bond donors (Lipinski definition) is 0. The third kappa shape index (κ3) is 4.37. The Morgan fingerprint density at radius 2 is 0.673 bits per heavy atom. The smallest absolute Gasteiger partial charge is 0.0541 e. The average Bonchev–Trinajstić information content (AvgIpc) is 3.78. The number of aromatic nitrogens is 3. The maximum Gasteiger partial charge on any atom is 0.0541 e. The Kier molecular flexibility index (Phi) is 6.18. The van der Waals surface area contributed by atoms with Crippen LogP contribution in [0.15, 0.2) is 164 Å². The lowest BCUT2D eigenvalue weighted by Crippen LogP contribution is -1.93. The van der Waals surface area contributed by atoms with Gasteiger partial charge in [0.25, 0.3) is 0 Å². The van der Waals surface area contributed by atoms with Gasteiger partial charge in [0.05, 0.1) is 33.1 Å². The molecule has 10 rings (SSSR count). The SMILES string of the molecule is C(=C\n1c2ccccc2c2ccccc21)/c1ccc2c(c1)c1cc(/C=C/n3c4ccccc4c4ccccc43)ccc1n2-c1ccccc1. The van der Waals surface area contributed by atoms with E-state index in [-0.39, 0.29) is 0 Å². The maximum atomic E-state index is 2.38. The molecule has 0 saturated carbocycles. The second kappa shape index (κ2) is 11.0. The van der Waals surface area contributed by atoms with Gasteiger partial charge in [-0.1, -0.05) is 103 Å². The Balaban J connectivity index is 1.13. The zero-order valence-corrected chi connectivity index (χ0v) is 26.7. The van der Waals surface area contributed by atoms with Gasteiger partial charge in [-0.2, -0.15) is 0 Å². The minimum atomic E-state index is 1.16. The average molecular weight is 626 g/mol. The summed E-state index contributed by atoms with van der Waals surface area (Å²) in [4.78, 5) is 0. The highest BCUT2D eigenvalue weighted by Gasteiger charge is 2.14. The normalized spacial score (nSPS) is 12.3. The Morgan fingerprint density at radius 1 is 0.306 bits per heavy atom. The molecule has 0 atom stereocenters. The first-order valence-electron chi connectivity index (χ1n) is 16.8. The highest BCUT2D eigenvalue weighted by molar-refractivity contribution is 6.12. The van der Waals surface area contributed by atoms with Crippen molar-refractivity contribution in [2.45, 2.75) is 0 Å². The lowest BCUT2D eigenvalue weighted by atomic mass is 10.1. The first-order chi connectivity index (χ1) is 24.3. The van der Waals surface area contributed by atoms with Crippen LogP contribution in [0.1, 0.15) is 11.1 Å². The van der Waals surface area contributed by atoms with Crippen LogP contribution >= 0.6 is 0 Å². The Hall–Kier alpha value is -6.58. The molecule has 3 heteroatoms. The molecule has 0 bridgehead atoms. The van der Waals surface area contributed by atoms with Crippen LogP contribution in [0.4, 0.5) is 0 Å². The number of benzene rings is 7. The molecule has 3 nitrogen and oxygen atoms in total. The predicted octanol–water partition coefficient (Wildman–Crippen LogP) is 12.3. The van der Waals surface area contributed by atoms with Gasteiger partial charge in [0.15, 0.2) is 0 Å². The van der Waals surface area contributed by atoms with Crippen LogP contribution in [0.3, 0.4) is 0 Å². The quantitative estimate of drug-likeness (QED) is 0.181. The van der Waals surface area contributed by atoms with E-state index in [1.54, 1.807) is 0 Å².